The highest BCUT2D eigenvalue weighted by molar-refractivity contribution is 8.00. The molecule has 192 valence electrons. The second kappa shape index (κ2) is 11.2. The number of nitro benzene ring substituents is 1. The van der Waals surface area contributed by atoms with Crippen LogP contribution in [0, 0.1) is 10.1 Å². The van der Waals surface area contributed by atoms with Crippen LogP contribution in [0.15, 0.2) is 107 Å². The third-order valence-electron chi connectivity index (χ3n) is 6.07. The molecule has 3 aromatic rings. The summed E-state index contributed by atoms with van der Waals surface area (Å²) in [5.41, 5.74) is 1.95. The topological polar surface area (TPSA) is 105 Å². The quantitative estimate of drug-likeness (QED) is 0.203. The van der Waals surface area contributed by atoms with Gasteiger partial charge in [-0.15, -0.1) is 23.5 Å². The summed E-state index contributed by atoms with van der Waals surface area (Å²) in [5.74, 6) is -0.233. The molecule has 1 heterocycles. The lowest BCUT2D eigenvalue weighted by molar-refractivity contribution is -0.384. The maximum atomic E-state index is 13.5. The summed E-state index contributed by atoms with van der Waals surface area (Å²) in [5, 5.41) is 16.3. The minimum atomic E-state index is -0.486. The van der Waals surface area contributed by atoms with Crippen molar-refractivity contribution >= 4 is 58.2 Å². The zero-order valence-corrected chi connectivity index (χ0v) is 21.9. The number of nitrogens with one attached hydrogen (secondary N) is 2. The minimum Gasteiger partial charge on any atom is -0.325 e. The van der Waals surface area contributed by atoms with Crippen LogP contribution < -0.4 is 15.5 Å². The van der Waals surface area contributed by atoms with Crippen LogP contribution in [0.25, 0.3) is 0 Å². The summed E-state index contributed by atoms with van der Waals surface area (Å²) in [6.45, 7) is 1.78. The molecule has 38 heavy (non-hydrogen) atoms. The van der Waals surface area contributed by atoms with Crippen molar-refractivity contribution in [3.05, 3.63) is 107 Å². The predicted octanol–water partition coefficient (Wildman–Crippen LogP) is 6.72. The zero-order chi connectivity index (χ0) is 26.6. The Bertz CT molecular complexity index is 1440. The summed E-state index contributed by atoms with van der Waals surface area (Å²) in [6, 6.07) is 20.7. The van der Waals surface area contributed by atoms with E-state index in [2.05, 4.69) is 16.7 Å². The Kier molecular flexibility index (Phi) is 7.52. The van der Waals surface area contributed by atoms with Gasteiger partial charge in [-0.25, -0.2) is 4.79 Å². The average Bonchev–Trinajstić information content (AvgIpc) is 2.92. The van der Waals surface area contributed by atoms with Crippen LogP contribution in [0.4, 0.5) is 27.5 Å². The second-order valence-corrected chi connectivity index (χ2v) is 11.3. The maximum Gasteiger partial charge on any atom is 0.326 e. The number of nitro groups is 1. The molecule has 3 amide bonds. The number of thioether (sulfide) groups is 2. The van der Waals surface area contributed by atoms with Gasteiger partial charge in [-0.05, 0) is 49.4 Å². The first kappa shape index (κ1) is 25.6. The zero-order valence-electron chi connectivity index (χ0n) is 20.3. The van der Waals surface area contributed by atoms with Crippen molar-refractivity contribution in [1.82, 2.24) is 0 Å². The number of fused-ring (bicyclic) bond motifs is 2. The molecule has 1 aliphatic heterocycles. The van der Waals surface area contributed by atoms with Crippen LogP contribution in [0.5, 0.6) is 0 Å². The molecule has 3 aromatic carbocycles. The molecule has 8 nitrogen and oxygen atoms in total. The molecule has 2 N–H and O–H groups in total. The van der Waals surface area contributed by atoms with E-state index in [1.807, 2.05) is 66.8 Å². The van der Waals surface area contributed by atoms with Crippen LogP contribution in [-0.2, 0) is 4.79 Å². The number of anilines is 3. The SMILES string of the molecule is CC(Sc1cccc(NC(=O)N2c3ccccc3SC3C=CC=CC32)c1)C(=O)Nc1ccc([N+](=O)[O-])cc1. The number of allylic oxidation sites excluding steroid dienone is 2. The van der Waals surface area contributed by atoms with Crippen molar-refractivity contribution in [3.63, 3.8) is 0 Å². The van der Waals surface area contributed by atoms with Gasteiger partial charge in [0.15, 0.2) is 0 Å². The molecule has 0 spiro atoms. The number of para-hydroxylation sites is 1. The molecule has 0 saturated carbocycles. The highest BCUT2D eigenvalue weighted by atomic mass is 32.2. The number of non-ortho nitro benzene ring substituents is 1. The van der Waals surface area contributed by atoms with Gasteiger partial charge in [0.1, 0.15) is 0 Å². The standard InChI is InChI=1S/C28H24N4O4S2/c1-18(27(33)29-19-13-15-21(16-14-19)32(35)36)37-22-8-6-7-20(17-22)30-28(34)31-23-9-2-4-11-25(23)38-26-12-5-3-10-24(26)31/h2-18,23,25H,1H3,(H,29,33)(H,30,34). The number of amides is 3. The molecular formula is C28H24N4O4S2. The van der Waals surface area contributed by atoms with Gasteiger partial charge in [-0.1, -0.05) is 42.5 Å². The molecule has 2 aliphatic rings. The summed E-state index contributed by atoms with van der Waals surface area (Å²) >= 11 is 3.11. The molecule has 3 unspecified atom stereocenters. The third kappa shape index (κ3) is 5.61. The van der Waals surface area contributed by atoms with Gasteiger partial charge in [0.05, 0.1) is 27.2 Å². The van der Waals surface area contributed by atoms with Crippen LogP contribution in [0.1, 0.15) is 6.92 Å². The van der Waals surface area contributed by atoms with E-state index in [9.17, 15) is 19.7 Å². The lowest BCUT2D eigenvalue weighted by Crippen LogP contribution is -2.49. The number of nitrogens with zero attached hydrogens (tertiary/aromatic N) is 2. The fraction of sp³-hybridized carbons (Fsp3) is 0.143. The van der Waals surface area contributed by atoms with Crippen LogP contribution in [0.3, 0.4) is 0 Å². The van der Waals surface area contributed by atoms with Gasteiger partial charge in [-0.3, -0.25) is 19.8 Å². The van der Waals surface area contributed by atoms with Gasteiger partial charge in [0.2, 0.25) is 5.91 Å². The van der Waals surface area contributed by atoms with Gasteiger partial charge in [0.25, 0.3) is 5.69 Å². The van der Waals surface area contributed by atoms with Gasteiger partial charge in [0, 0.05) is 33.3 Å². The van der Waals surface area contributed by atoms with Crippen molar-refractivity contribution in [1.29, 1.82) is 0 Å². The van der Waals surface area contributed by atoms with E-state index < -0.39 is 10.2 Å². The van der Waals surface area contributed by atoms with Crippen molar-refractivity contribution < 1.29 is 14.5 Å². The normalized spacial score (nSPS) is 18.2. The van der Waals surface area contributed by atoms with Crippen LogP contribution >= 0.6 is 23.5 Å². The molecule has 0 saturated heterocycles. The monoisotopic (exact) mass is 544 g/mol. The molecule has 0 bridgehead atoms. The molecule has 0 radical (unpaired) electrons. The first-order valence-corrected chi connectivity index (χ1v) is 13.7. The van der Waals surface area contributed by atoms with E-state index in [-0.39, 0.29) is 28.9 Å². The summed E-state index contributed by atoms with van der Waals surface area (Å²) in [4.78, 5) is 40.3. The minimum absolute atomic E-state index is 0.0393. The maximum absolute atomic E-state index is 13.5. The lowest BCUT2D eigenvalue weighted by atomic mass is 10.1. The van der Waals surface area contributed by atoms with Crippen LogP contribution in [-0.4, -0.2) is 33.4 Å². The Labute approximate surface area is 228 Å². The number of rotatable bonds is 6. The molecule has 0 fully saturated rings. The largest absolute Gasteiger partial charge is 0.326 e. The molecule has 5 rings (SSSR count). The number of hydrogen-bond donors (Lipinski definition) is 2. The molecule has 0 aromatic heterocycles. The summed E-state index contributed by atoms with van der Waals surface area (Å²) < 4.78 is 0. The number of carbonyl (C=O) groups is 2. The van der Waals surface area contributed by atoms with E-state index in [4.69, 9.17) is 0 Å². The molecule has 1 aliphatic carbocycles. The first-order valence-electron chi connectivity index (χ1n) is 11.9. The Morgan fingerprint density at radius 3 is 2.53 bits per heavy atom. The fourth-order valence-electron chi connectivity index (χ4n) is 4.22. The smallest absolute Gasteiger partial charge is 0.325 e. The van der Waals surface area contributed by atoms with E-state index in [0.717, 1.165) is 15.5 Å². The molecular weight excluding hydrogens is 520 g/mol. The van der Waals surface area contributed by atoms with Crippen molar-refractivity contribution in [2.24, 2.45) is 0 Å². The number of hydrogen-bond acceptors (Lipinski definition) is 6. The Morgan fingerprint density at radius 1 is 0.974 bits per heavy atom. The van der Waals surface area contributed by atoms with Crippen molar-refractivity contribution in [2.45, 2.75) is 33.3 Å². The molecule has 10 heteroatoms. The Morgan fingerprint density at radius 2 is 1.74 bits per heavy atom. The van der Waals surface area contributed by atoms with Gasteiger partial charge >= 0.3 is 6.03 Å². The van der Waals surface area contributed by atoms with Gasteiger partial charge in [-0.2, -0.15) is 0 Å². The average molecular weight is 545 g/mol. The van der Waals surface area contributed by atoms with Crippen LogP contribution in [0.2, 0.25) is 0 Å². The van der Waals surface area contributed by atoms with E-state index in [0.29, 0.717) is 11.4 Å². The third-order valence-corrected chi connectivity index (χ3v) is 8.48. The second-order valence-electron chi connectivity index (χ2n) is 8.69. The lowest BCUT2D eigenvalue weighted by Gasteiger charge is -2.40. The van der Waals surface area contributed by atoms with Gasteiger partial charge < -0.3 is 10.6 Å². The number of urea groups is 1. The van der Waals surface area contributed by atoms with Crippen molar-refractivity contribution in [2.75, 3.05) is 15.5 Å². The number of benzene rings is 3. The van der Waals surface area contributed by atoms with E-state index in [1.54, 1.807) is 23.6 Å². The van der Waals surface area contributed by atoms with E-state index in [1.165, 1.54) is 36.0 Å². The summed E-state index contributed by atoms with van der Waals surface area (Å²) in [7, 11) is 0. The number of carbonyl (C=O) groups excluding carboxylic acids is 2. The first-order chi connectivity index (χ1) is 18.4. The Balaban J connectivity index is 1.26. The molecule has 3 atom stereocenters. The van der Waals surface area contributed by atoms with Crippen molar-refractivity contribution in [3.8, 4) is 0 Å². The highest BCUT2D eigenvalue weighted by Gasteiger charge is 2.36. The van der Waals surface area contributed by atoms with E-state index >= 15 is 0 Å². The summed E-state index contributed by atoms with van der Waals surface area (Å²) in [6.07, 6.45) is 8.14. The Hall–Kier alpha value is -4.02. The fourth-order valence-corrected chi connectivity index (χ4v) is 6.41. The highest BCUT2D eigenvalue weighted by Crippen LogP contribution is 2.43. The predicted molar refractivity (Wildman–Crippen MR) is 153 cm³/mol.